The summed E-state index contributed by atoms with van der Waals surface area (Å²) in [5.74, 6) is -0.684. The molecule has 2 atom stereocenters. The molecule has 2 aliphatic heterocycles. The number of nitrogens with zero attached hydrogens (tertiary/aromatic N) is 3. The van der Waals surface area contributed by atoms with Crippen LogP contribution in [-0.4, -0.2) is 97.1 Å². The second kappa shape index (κ2) is 15.5. The van der Waals surface area contributed by atoms with Crippen LogP contribution in [0.25, 0.3) is 11.5 Å². The first-order chi connectivity index (χ1) is 24.3. The third-order valence-corrected chi connectivity index (χ3v) is 7.28. The number of aromatic nitrogens is 2. The smallest absolute Gasteiger partial charge is 0.434 e. The number of hydrogen-bond donors (Lipinski definition) is 4. The van der Waals surface area contributed by atoms with Crippen LogP contribution in [0.3, 0.4) is 0 Å². The van der Waals surface area contributed by atoms with E-state index in [0.717, 1.165) is 0 Å². The Morgan fingerprint density at radius 3 is 1.75 bits per heavy atom. The summed E-state index contributed by atoms with van der Waals surface area (Å²) in [4.78, 5) is 74.9. The molecule has 0 saturated heterocycles. The van der Waals surface area contributed by atoms with Crippen LogP contribution >= 0.6 is 0 Å². The fraction of sp³-hybridized carbons (Fsp3) is 0.441. The number of fused-ring (bicyclic) bond motifs is 2. The maximum absolute atomic E-state index is 12.7. The van der Waals surface area contributed by atoms with Crippen LogP contribution in [-0.2, 0) is 19.1 Å². The minimum Gasteiger partial charge on any atom is -0.489 e. The molecule has 1 aromatic heterocycles. The molecular weight excluding hydrogens is 682 g/mol. The Balaban J connectivity index is 0.000000234. The van der Waals surface area contributed by atoms with E-state index in [9.17, 15) is 28.8 Å². The standard InChI is InChI=1S/C17H20N4O6.C17H23N3O5/c1-17(2,3)27-15(23)18-10-8-25-12-6-5-9(13-19-20-16(24)26-13)7-11(12)21(4)14(10)22;1-17(2,3)25-16(23)19-11-9-24-14-6-5-10(13(21)8-18)7-12(14)20(4)15(11)22/h5-7,10H,8H2,1-4H3,(H,18,23)(H,20,24);5-7,11H,8-9,18H2,1-4H3,(H,19,23)/t10-;11-/m00/s1. The Kier molecular flexibility index (Phi) is 11.6. The molecule has 2 aliphatic rings. The van der Waals surface area contributed by atoms with Gasteiger partial charge in [0.25, 0.3) is 11.8 Å². The number of H-pyrrole nitrogens is 1. The molecule has 18 nitrogen and oxygen atoms in total. The fourth-order valence-corrected chi connectivity index (χ4v) is 4.88. The second-order valence-electron chi connectivity index (χ2n) is 13.7. The number of benzene rings is 2. The molecule has 5 N–H and O–H groups in total. The zero-order valence-corrected chi connectivity index (χ0v) is 30.1. The molecule has 3 aromatic rings. The molecule has 3 heterocycles. The first-order valence-corrected chi connectivity index (χ1v) is 16.1. The minimum absolute atomic E-state index is 0.0421. The lowest BCUT2D eigenvalue weighted by atomic mass is 10.1. The molecule has 0 fully saturated rings. The van der Waals surface area contributed by atoms with Gasteiger partial charge in [-0.15, -0.1) is 5.10 Å². The molecule has 0 unspecified atom stereocenters. The van der Waals surface area contributed by atoms with Crippen molar-refractivity contribution >= 4 is 41.2 Å². The topological polar surface area (TPSA) is 238 Å². The van der Waals surface area contributed by atoms with Gasteiger partial charge in [-0.3, -0.25) is 14.4 Å². The van der Waals surface area contributed by atoms with E-state index in [1.807, 2.05) is 0 Å². The van der Waals surface area contributed by atoms with Crippen molar-refractivity contribution in [1.29, 1.82) is 0 Å². The highest BCUT2D eigenvalue weighted by atomic mass is 16.6. The van der Waals surface area contributed by atoms with Gasteiger partial charge in [-0.2, -0.15) is 0 Å². The number of carbonyl (C=O) groups excluding carboxylic acids is 5. The number of anilines is 2. The normalized spacial score (nSPS) is 17.1. The Morgan fingerprint density at radius 1 is 0.827 bits per heavy atom. The number of Topliss-reactive ketones (excluding diaryl/α,β-unsaturated/α-hetero) is 1. The maximum Gasteiger partial charge on any atom is 0.434 e. The highest BCUT2D eigenvalue weighted by Crippen LogP contribution is 2.35. The van der Waals surface area contributed by atoms with Crippen LogP contribution in [0.2, 0.25) is 0 Å². The number of aromatic amines is 1. The Bertz CT molecular complexity index is 1890. The number of carbonyl (C=O) groups is 5. The van der Waals surface area contributed by atoms with E-state index in [1.54, 1.807) is 92.0 Å². The number of nitrogens with one attached hydrogen (secondary N) is 3. The van der Waals surface area contributed by atoms with Gasteiger partial charge < -0.3 is 49.5 Å². The molecule has 5 rings (SSSR count). The average Bonchev–Trinajstić information content (AvgIpc) is 3.42. The summed E-state index contributed by atoms with van der Waals surface area (Å²) < 4.78 is 26.6. The number of amides is 4. The molecular formula is C34H43N7O11. The molecule has 280 valence electrons. The Morgan fingerprint density at radius 2 is 1.31 bits per heavy atom. The van der Waals surface area contributed by atoms with Crippen LogP contribution in [0.15, 0.2) is 45.6 Å². The van der Waals surface area contributed by atoms with Gasteiger partial charge in [0.15, 0.2) is 5.78 Å². The van der Waals surface area contributed by atoms with Crippen molar-refractivity contribution in [3.05, 3.63) is 52.5 Å². The van der Waals surface area contributed by atoms with Crippen molar-refractivity contribution in [1.82, 2.24) is 20.8 Å². The zero-order valence-electron chi connectivity index (χ0n) is 30.1. The van der Waals surface area contributed by atoms with E-state index >= 15 is 0 Å². The van der Waals surface area contributed by atoms with Gasteiger partial charge in [0.2, 0.25) is 5.89 Å². The first-order valence-electron chi connectivity index (χ1n) is 16.1. The van der Waals surface area contributed by atoms with Gasteiger partial charge in [0, 0.05) is 25.2 Å². The summed E-state index contributed by atoms with van der Waals surface area (Å²) in [5.41, 5.74) is 5.80. The van der Waals surface area contributed by atoms with E-state index < -0.39 is 41.2 Å². The molecule has 0 radical (unpaired) electrons. The summed E-state index contributed by atoms with van der Waals surface area (Å²) in [5, 5.41) is 11.0. The van der Waals surface area contributed by atoms with Crippen molar-refractivity contribution in [3.8, 4) is 23.0 Å². The van der Waals surface area contributed by atoms with Gasteiger partial charge in [-0.25, -0.2) is 19.5 Å². The van der Waals surface area contributed by atoms with Crippen LogP contribution in [0.1, 0.15) is 51.9 Å². The van der Waals surface area contributed by atoms with Gasteiger partial charge in [0.05, 0.1) is 17.9 Å². The lowest BCUT2D eigenvalue weighted by Gasteiger charge is -2.23. The highest BCUT2D eigenvalue weighted by Gasteiger charge is 2.34. The molecule has 0 saturated carbocycles. The maximum atomic E-state index is 12.7. The summed E-state index contributed by atoms with van der Waals surface area (Å²) in [7, 11) is 3.11. The molecule has 0 bridgehead atoms. The molecule has 52 heavy (non-hydrogen) atoms. The number of ether oxygens (including phenoxy) is 4. The first kappa shape index (κ1) is 38.9. The number of likely N-dealkylation sites (N-methyl/N-ethyl adjacent to an activating group) is 2. The van der Waals surface area contributed by atoms with Crippen molar-refractivity contribution in [3.63, 3.8) is 0 Å². The summed E-state index contributed by atoms with van der Waals surface area (Å²) in [6.07, 6.45) is -1.41. The highest BCUT2D eigenvalue weighted by molar-refractivity contribution is 6.03. The van der Waals surface area contributed by atoms with Gasteiger partial charge in [0.1, 0.15) is 48.0 Å². The minimum atomic E-state index is -0.913. The van der Waals surface area contributed by atoms with E-state index in [0.29, 0.717) is 34.0 Å². The van der Waals surface area contributed by atoms with Crippen molar-refractivity contribution in [2.45, 2.75) is 64.8 Å². The second-order valence-corrected chi connectivity index (χ2v) is 13.7. The largest absolute Gasteiger partial charge is 0.489 e. The van der Waals surface area contributed by atoms with Gasteiger partial charge in [-0.1, -0.05) is 0 Å². The molecule has 0 aliphatic carbocycles. The predicted octanol–water partition coefficient (Wildman–Crippen LogP) is 2.35. The predicted molar refractivity (Wildman–Crippen MR) is 187 cm³/mol. The van der Waals surface area contributed by atoms with Gasteiger partial charge >= 0.3 is 17.9 Å². The third-order valence-electron chi connectivity index (χ3n) is 7.28. The number of rotatable bonds is 5. The monoisotopic (exact) mass is 725 g/mol. The van der Waals surface area contributed by atoms with Gasteiger partial charge in [-0.05, 0) is 77.9 Å². The van der Waals surface area contributed by atoms with E-state index in [2.05, 4.69) is 20.8 Å². The van der Waals surface area contributed by atoms with Crippen molar-refractivity contribution in [2.24, 2.45) is 5.73 Å². The quantitative estimate of drug-likeness (QED) is 0.277. The molecule has 0 spiro atoms. The fourth-order valence-electron chi connectivity index (χ4n) is 4.88. The zero-order chi connectivity index (χ0) is 38.5. The molecule has 4 amide bonds. The number of ketones is 1. The molecule has 18 heteroatoms. The third kappa shape index (κ3) is 9.87. The Labute approximate surface area is 298 Å². The van der Waals surface area contributed by atoms with Crippen LogP contribution in [0.4, 0.5) is 21.0 Å². The average molecular weight is 726 g/mol. The molecule has 2 aromatic carbocycles. The lowest BCUT2D eigenvalue weighted by molar-refractivity contribution is -0.121. The van der Waals surface area contributed by atoms with E-state index in [4.69, 9.17) is 29.1 Å². The van der Waals surface area contributed by atoms with E-state index in [-0.39, 0.29) is 43.2 Å². The van der Waals surface area contributed by atoms with E-state index in [1.165, 1.54) is 9.80 Å². The van der Waals surface area contributed by atoms with Crippen LogP contribution in [0.5, 0.6) is 11.5 Å². The summed E-state index contributed by atoms with van der Waals surface area (Å²) >= 11 is 0. The number of hydrogen-bond acceptors (Lipinski definition) is 13. The lowest BCUT2D eigenvalue weighted by Crippen LogP contribution is -2.50. The van der Waals surface area contributed by atoms with Crippen LogP contribution in [0, 0.1) is 0 Å². The van der Waals surface area contributed by atoms with Crippen molar-refractivity contribution in [2.75, 3.05) is 43.7 Å². The summed E-state index contributed by atoms with van der Waals surface area (Å²) in [6.45, 7) is 10.2. The Hall–Kier alpha value is -5.91. The number of nitrogens with two attached hydrogens (primary N) is 1. The SMILES string of the molecule is CN1C(=O)[C@@H](NC(=O)OC(C)(C)C)COc2ccc(-c3n[nH]c(=O)o3)cc21.CN1C(=O)[C@@H](NC(=O)OC(C)(C)C)COc2ccc(C(=O)CN)cc21. The summed E-state index contributed by atoms with van der Waals surface area (Å²) in [6, 6.07) is 7.84. The van der Waals surface area contributed by atoms with Crippen LogP contribution < -0.4 is 41.4 Å². The number of alkyl carbamates (subject to hydrolysis) is 2. The van der Waals surface area contributed by atoms with Crippen molar-refractivity contribution < 1.29 is 47.3 Å².